The molecule has 3 nitrogen and oxygen atoms in total. The highest BCUT2D eigenvalue weighted by Gasteiger charge is 2.20. The second kappa shape index (κ2) is 5.75. The predicted molar refractivity (Wildman–Crippen MR) is 81.6 cm³/mol. The van der Waals surface area contributed by atoms with Crippen molar-refractivity contribution in [2.24, 2.45) is 0 Å². The molecule has 0 fully saturated rings. The second-order valence-corrected chi connectivity index (χ2v) is 5.56. The van der Waals surface area contributed by atoms with Gasteiger partial charge in [-0.05, 0) is 24.6 Å². The molecule has 3 heteroatoms. The van der Waals surface area contributed by atoms with Crippen LogP contribution in [-0.2, 0) is 5.41 Å². The van der Waals surface area contributed by atoms with E-state index >= 15 is 0 Å². The number of aryl methyl sites for hydroxylation is 1. The minimum atomic E-state index is -0.0284. The van der Waals surface area contributed by atoms with Gasteiger partial charge < -0.3 is 5.32 Å². The molecule has 2 aromatic rings. The van der Waals surface area contributed by atoms with Crippen LogP contribution >= 0.6 is 0 Å². The van der Waals surface area contributed by atoms with Crippen molar-refractivity contribution in [3.63, 3.8) is 0 Å². The van der Waals surface area contributed by atoms with Gasteiger partial charge in [-0.3, -0.25) is 0 Å². The summed E-state index contributed by atoms with van der Waals surface area (Å²) in [5, 5.41) is 12.4. The Morgan fingerprint density at radius 1 is 1.15 bits per heavy atom. The van der Waals surface area contributed by atoms with E-state index in [1.807, 2.05) is 31.2 Å². The number of pyridine rings is 1. The van der Waals surface area contributed by atoms with Gasteiger partial charge in [0.25, 0.3) is 0 Å². The molecule has 20 heavy (non-hydrogen) atoms. The van der Waals surface area contributed by atoms with Gasteiger partial charge in [-0.1, -0.05) is 44.2 Å². The molecule has 1 aromatic heterocycles. The lowest BCUT2D eigenvalue weighted by atomic mass is 9.84. The summed E-state index contributed by atoms with van der Waals surface area (Å²) in [6.07, 6.45) is 0. The zero-order valence-corrected chi connectivity index (χ0v) is 12.1. The number of anilines is 1. The van der Waals surface area contributed by atoms with Gasteiger partial charge in [0, 0.05) is 17.7 Å². The van der Waals surface area contributed by atoms with Crippen molar-refractivity contribution in [2.75, 3.05) is 11.9 Å². The Kier molecular flexibility index (Phi) is 4.05. The summed E-state index contributed by atoms with van der Waals surface area (Å²) in [5.74, 6) is 0.663. The average molecular weight is 265 g/mol. The van der Waals surface area contributed by atoms with Gasteiger partial charge in [-0.2, -0.15) is 5.26 Å². The van der Waals surface area contributed by atoms with Crippen molar-refractivity contribution < 1.29 is 0 Å². The molecule has 102 valence electrons. The molecule has 0 aliphatic rings. The van der Waals surface area contributed by atoms with Crippen LogP contribution in [0.1, 0.15) is 30.7 Å². The van der Waals surface area contributed by atoms with E-state index in [-0.39, 0.29) is 5.41 Å². The van der Waals surface area contributed by atoms with Crippen molar-refractivity contribution >= 4 is 5.82 Å². The Labute approximate surface area is 120 Å². The molecule has 0 saturated heterocycles. The lowest BCUT2D eigenvalue weighted by Gasteiger charge is -2.26. The van der Waals surface area contributed by atoms with Crippen LogP contribution in [0, 0.1) is 18.3 Å². The monoisotopic (exact) mass is 265 g/mol. The Hall–Kier alpha value is -2.34. The molecule has 1 N–H and O–H groups in total. The van der Waals surface area contributed by atoms with Gasteiger partial charge in [-0.25, -0.2) is 4.98 Å². The van der Waals surface area contributed by atoms with Gasteiger partial charge in [0.05, 0.1) is 5.56 Å². The molecule has 0 aliphatic carbocycles. The Bertz CT molecular complexity index is 624. The fourth-order valence-corrected chi connectivity index (χ4v) is 2.08. The fraction of sp³-hybridized carbons (Fsp3) is 0.294. The van der Waals surface area contributed by atoms with Gasteiger partial charge in [0.2, 0.25) is 0 Å². The van der Waals surface area contributed by atoms with E-state index in [9.17, 15) is 0 Å². The molecule has 0 amide bonds. The molecule has 0 spiro atoms. The quantitative estimate of drug-likeness (QED) is 0.918. The number of nitriles is 1. The third-order valence-corrected chi connectivity index (χ3v) is 3.41. The van der Waals surface area contributed by atoms with Crippen LogP contribution in [0.5, 0.6) is 0 Å². The van der Waals surface area contributed by atoms with Crippen molar-refractivity contribution in [1.29, 1.82) is 5.26 Å². The SMILES string of the molecule is Cc1ccc(C#N)c(NCC(C)(C)c2ccccc2)n1. The van der Waals surface area contributed by atoms with Gasteiger partial charge in [0.15, 0.2) is 0 Å². The van der Waals surface area contributed by atoms with Gasteiger partial charge in [-0.15, -0.1) is 0 Å². The van der Waals surface area contributed by atoms with E-state index in [2.05, 4.69) is 42.4 Å². The average Bonchev–Trinajstić information content (AvgIpc) is 2.46. The van der Waals surface area contributed by atoms with Crippen molar-refractivity contribution in [2.45, 2.75) is 26.2 Å². The molecule has 2 rings (SSSR count). The fourth-order valence-electron chi connectivity index (χ4n) is 2.08. The smallest absolute Gasteiger partial charge is 0.144 e. The molecule has 0 atom stereocenters. The summed E-state index contributed by atoms with van der Waals surface area (Å²) < 4.78 is 0. The molecule has 0 unspecified atom stereocenters. The highest BCUT2D eigenvalue weighted by atomic mass is 15.0. The maximum absolute atomic E-state index is 9.13. The number of benzene rings is 1. The van der Waals surface area contributed by atoms with Gasteiger partial charge >= 0.3 is 0 Å². The van der Waals surface area contributed by atoms with E-state index in [0.29, 0.717) is 11.4 Å². The van der Waals surface area contributed by atoms with E-state index in [4.69, 9.17) is 5.26 Å². The van der Waals surface area contributed by atoms with Crippen molar-refractivity contribution in [3.05, 3.63) is 59.3 Å². The van der Waals surface area contributed by atoms with E-state index in [1.165, 1.54) is 5.56 Å². The summed E-state index contributed by atoms with van der Waals surface area (Å²) in [6, 6.07) is 16.2. The maximum Gasteiger partial charge on any atom is 0.144 e. The predicted octanol–water partition coefficient (Wildman–Crippen LogP) is 3.65. The molecule has 0 aliphatic heterocycles. The lowest BCUT2D eigenvalue weighted by molar-refractivity contribution is 0.556. The van der Waals surface area contributed by atoms with Gasteiger partial charge in [0.1, 0.15) is 11.9 Å². The van der Waals surface area contributed by atoms with Crippen LogP contribution < -0.4 is 5.32 Å². The molecule has 0 saturated carbocycles. The summed E-state index contributed by atoms with van der Waals surface area (Å²) in [6.45, 7) is 7.01. The van der Waals surface area contributed by atoms with E-state index in [0.717, 1.165) is 12.2 Å². The number of hydrogen-bond donors (Lipinski definition) is 1. The first-order valence-electron chi connectivity index (χ1n) is 6.70. The van der Waals surface area contributed by atoms with Crippen LogP contribution in [0.25, 0.3) is 0 Å². The first-order valence-corrected chi connectivity index (χ1v) is 6.70. The van der Waals surface area contributed by atoms with Crippen LogP contribution in [0.4, 0.5) is 5.82 Å². The molecule has 0 radical (unpaired) electrons. The Balaban J connectivity index is 2.17. The lowest BCUT2D eigenvalue weighted by Crippen LogP contribution is -2.28. The molecule has 0 bridgehead atoms. The van der Waals surface area contributed by atoms with Crippen LogP contribution in [0.15, 0.2) is 42.5 Å². The zero-order chi connectivity index (χ0) is 14.6. The number of nitrogens with one attached hydrogen (secondary N) is 1. The minimum Gasteiger partial charge on any atom is -0.368 e. The van der Waals surface area contributed by atoms with E-state index in [1.54, 1.807) is 6.07 Å². The minimum absolute atomic E-state index is 0.0284. The summed E-state index contributed by atoms with van der Waals surface area (Å²) in [7, 11) is 0. The standard InChI is InChI=1S/C17H19N3/c1-13-9-10-14(11-18)16(20-13)19-12-17(2,3)15-7-5-4-6-8-15/h4-10H,12H2,1-3H3,(H,19,20). The molecular formula is C17H19N3. The third kappa shape index (κ3) is 3.16. The normalized spacial score (nSPS) is 10.9. The number of aromatic nitrogens is 1. The molecular weight excluding hydrogens is 246 g/mol. The number of rotatable bonds is 4. The topological polar surface area (TPSA) is 48.7 Å². The van der Waals surface area contributed by atoms with E-state index < -0.39 is 0 Å². The van der Waals surface area contributed by atoms with Crippen molar-refractivity contribution in [3.8, 4) is 6.07 Å². The first-order chi connectivity index (χ1) is 9.53. The molecule has 1 aromatic carbocycles. The highest BCUT2D eigenvalue weighted by Crippen LogP contribution is 2.24. The Morgan fingerprint density at radius 2 is 1.85 bits per heavy atom. The molecule has 1 heterocycles. The second-order valence-electron chi connectivity index (χ2n) is 5.56. The van der Waals surface area contributed by atoms with Crippen molar-refractivity contribution in [1.82, 2.24) is 4.98 Å². The third-order valence-electron chi connectivity index (χ3n) is 3.41. The summed E-state index contributed by atoms with van der Waals surface area (Å²) >= 11 is 0. The highest BCUT2D eigenvalue weighted by molar-refractivity contribution is 5.52. The first kappa shape index (κ1) is 14.1. The summed E-state index contributed by atoms with van der Waals surface area (Å²) in [4.78, 5) is 4.41. The largest absolute Gasteiger partial charge is 0.368 e. The Morgan fingerprint density at radius 3 is 2.50 bits per heavy atom. The van der Waals surface area contributed by atoms with Crippen LogP contribution in [0.2, 0.25) is 0 Å². The maximum atomic E-state index is 9.13. The van der Waals surface area contributed by atoms with Crippen LogP contribution in [0.3, 0.4) is 0 Å². The number of hydrogen-bond acceptors (Lipinski definition) is 3. The van der Waals surface area contributed by atoms with Crippen LogP contribution in [-0.4, -0.2) is 11.5 Å². The zero-order valence-electron chi connectivity index (χ0n) is 12.1. The summed E-state index contributed by atoms with van der Waals surface area (Å²) in [5.41, 5.74) is 2.72. The number of nitrogens with zero attached hydrogens (tertiary/aromatic N) is 2.